The van der Waals surface area contributed by atoms with Crippen molar-refractivity contribution in [3.05, 3.63) is 48.5 Å². The summed E-state index contributed by atoms with van der Waals surface area (Å²) >= 11 is 0. The number of rotatable bonds is 6. The Kier molecular flexibility index (Phi) is 5.10. The summed E-state index contributed by atoms with van der Waals surface area (Å²) in [5.74, 6) is 2.64. The van der Waals surface area contributed by atoms with Gasteiger partial charge in [-0.2, -0.15) is 0 Å². The normalized spacial score (nSPS) is 17.0. The Morgan fingerprint density at radius 3 is 2.82 bits per heavy atom. The molecule has 28 heavy (non-hydrogen) atoms. The fourth-order valence-electron chi connectivity index (χ4n) is 3.82. The molecule has 0 saturated carbocycles. The second-order valence-electron chi connectivity index (χ2n) is 6.85. The lowest BCUT2D eigenvalue weighted by Gasteiger charge is -2.41. The number of nitrogens with one attached hydrogen (secondary N) is 1. The van der Waals surface area contributed by atoms with E-state index in [1.807, 2.05) is 43.3 Å². The Morgan fingerprint density at radius 1 is 1.18 bits per heavy atom. The number of hydrogen-bond acceptors (Lipinski definition) is 5. The van der Waals surface area contributed by atoms with Gasteiger partial charge < -0.3 is 29.1 Å². The molecule has 0 aliphatic carbocycles. The van der Waals surface area contributed by atoms with E-state index in [2.05, 4.69) is 26.9 Å². The average molecular weight is 379 g/mol. The van der Waals surface area contributed by atoms with Gasteiger partial charge >= 0.3 is 0 Å². The Bertz CT molecular complexity index is 969. The molecule has 1 aromatic heterocycles. The standard InChI is InChI=1S/C22H25N3O3/c1-3-28-21-7-5-4-6-20(21)24-10-11-25(17(14-24)15-26)22-13-16-12-18(27-2)8-9-19(16)23-22/h4-9,12-13,15,17,23H,3,10-11,14H2,1-2H3. The van der Waals surface area contributed by atoms with Crippen molar-refractivity contribution in [3.63, 3.8) is 0 Å². The van der Waals surface area contributed by atoms with Crippen molar-refractivity contribution >= 4 is 28.7 Å². The first-order valence-corrected chi connectivity index (χ1v) is 9.59. The fourth-order valence-corrected chi connectivity index (χ4v) is 3.82. The highest BCUT2D eigenvalue weighted by Crippen LogP contribution is 2.32. The highest BCUT2D eigenvalue weighted by atomic mass is 16.5. The Morgan fingerprint density at radius 2 is 2.04 bits per heavy atom. The molecule has 1 aliphatic rings. The summed E-state index contributed by atoms with van der Waals surface area (Å²) in [6.45, 7) is 4.77. The van der Waals surface area contributed by atoms with Gasteiger partial charge in [-0.1, -0.05) is 12.1 Å². The molecule has 1 atom stereocenters. The minimum absolute atomic E-state index is 0.238. The zero-order valence-electron chi connectivity index (χ0n) is 16.2. The van der Waals surface area contributed by atoms with Crippen LogP contribution in [0.1, 0.15) is 6.92 Å². The number of anilines is 2. The van der Waals surface area contributed by atoms with Crippen LogP contribution in [0.15, 0.2) is 48.5 Å². The monoisotopic (exact) mass is 379 g/mol. The third kappa shape index (κ3) is 3.38. The van der Waals surface area contributed by atoms with Crippen LogP contribution in [-0.2, 0) is 4.79 Å². The van der Waals surface area contributed by atoms with Crippen molar-refractivity contribution in [2.75, 3.05) is 43.2 Å². The number of benzene rings is 2. The molecule has 1 N–H and O–H groups in total. The van der Waals surface area contributed by atoms with Crippen LogP contribution in [-0.4, -0.2) is 50.7 Å². The molecule has 146 valence electrons. The number of para-hydroxylation sites is 2. The van der Waals surface area contributed by atoms with Gasteiger partial charge in [0.25, 0.3) is 0 Å². The van der Waals surface area contributed by atoms with Gasteiger partial charge in [0.15, 0.2) is 0 Å². The zero-order valence-corrected chi connectivity index (χ0v) is 16.2. The lowest BCUT2D eigenvalue weighted by molar-refractivity contribution is -0.109. The number of carbonyl (C=O) groups excluding carboxylic acids is 1. The third-order valence-electron chi connectivity index (χ3n) is 5.20. The minimum atomic E-state index is -0.238. The first-order valence-electron chi connectivity index (χ1n) is 9.59. The smallest absolute Gasteiger partial charge is 0.144 e. The predicted octanol–water partition coefficient (Wildman–Crippen LogP) is 3.47. The molecule has 2 heterocycles. The van der Waals surface area contributed by atoms with Crippen LogP contribution in [0.2, 0.25) is 0 Å². The number of methoxy groups -OCH3 is 1. The maximum atomic E-state index is 11.9. The summed E-state index contributed by atoms with van der Waals surface area (Å²) < 4.78 is 11.1. The van der Waals surface area contributed by atoms with E-state index < -0.39 is 0 Å². The number of fused-ring (bicyclic) bond motifs is 1. The van der Waals surface area contributed by atoms with Gasteiger partial charge in [-0.3, -0.25) is 0 Å². The number of nitrogens with zero attached hydrogens (tertiary/aromatic N) is 2. The molecule has 0 spiro atoms. The lowest BCUT2D eigenvalue weighted by atomic mass is 10.1. The van der Waals surface area contributed by atoms with E-state index in [4.69, 9.17) is 9.47 Å². The molecular weight excluding hydrogens is 354 g/mol. The molecule has 0 bridgehead atoms. The topological polar surface area (TPSA) is 57.8 Å². The molecule has 1 unspecified atom stereocenters. The summed E-state index contributed by atoms with van der Waals surface area (Å²) in [5.41, 5.74) is 2.07. The van der Waals surface area contributed by atoms with E-state index in [1.165, 1.54) is 0 Å². The van der Waals surface area contributed by atoms with E-state index >= 15 is 0 Å². The number of aldehydes is 1. The van der Waals surface area contributed by atoms with E-state index in [1.54, 1.807) is 7.11 Å². The second kappa shape index (κ2) is 7.84. The van der Waals surface area contributed by atoms with E-state index in [0.29, 0.717) is 13.2 Å². The molecule has 1 aliphatic heterocycles. The van der Waals surface area contributed by atoms with Crippen LogP contribution < -0.4 is 19.3 Å². The summed E-state index contributed by atoms with van der Waals surface area (Å²) in [4.78, 5) is 19.7. The molecule has 6 heteroatoms. The van der Waals surface area contributed by atoms with Crippen molar-refractivity contribution in [1.29, 1.82) is 0 Å². The van der Waals surface area contributed by atoms with E-state index in [0.717, 1.165) is 53.3 Å². The van der Waals surface area contributed by atoms with Gasteiger partial charge in [-0.25, -0.2) is 0 Å². The fraction of sp³-hybridized carbons (Fsp3) is 0.318. The molecule has 0 radical (unpaired) electrons. The summed E-state index contributed by atoms with van der Waals surface area (Å²) in [6, 6.07) is 15.8. The van der Waals surface area contributed by atoms with Gasteiger partial charge in [0.1, 0.15) is 29.6 Å². The Labute approximate surface area is 164 Å². The van der Waals surface area contributed by atoms with Crippen molar-refractivity contribution in [2.45, 2.75) is 13.0 Å². The van der Waals surface area contributed by atoms with Crippen molar-refractivity contribution < 1.29 is 14.3 Å². The Hall–Kier alpha value is -3.15. The van der Waals surface area contributed by atoms with Crippen LogP contribution >= 0.6 is 0 Å². The first kappa shape index (κ1) is 18.2. The number of H-pyrrole nitrogens is 1. The van der Waals surface area contributed by atoms with E-state index in [9.17, 15) is 4.79 Å². The average Bonchev–Trinajstić information content (AvgIpc) is 3.17. The molecule has 2 aromatic carbocycles. The summed E-state index contributed by atoms with van der Waals surface area (Å²) in [5, 5.41) is 1.07. The first-order chi connectivity index (χ1) is 13.7. The molecule has 0 amide bonds. The maximum absolute atomic E-state index is 11.9. The minimum Gasteiger partial charge on any atom is -0.497 e. The maximum Gasteiger partial charge on any atom is 0.144 e. The number of carbonyl (C=O) groups is 1. The second-order valence-corrected chi connectivity index (χ2v) is 6.85. The number of hydrogen-bond donors (Lipinski definition) is 1. The molecule has 4 rings (SSSR count). The van der Waals surface area contributed by atoms with Crippen molar-refractivity contribution in [3.8, 4) is 11.5 Å². The van der Waals surface area contributed by atoms with Gasteiger partial charge in [-0.05, 0) is 43.3 Å². The Balaban J connectivity index is 1.58. The van der Waals surface area contributed by atoms with Crippen molar-refractivity contribution in [1.82, 2.24) is 4.98 Å². The highest BCUT2D eigenvalue weighted by Gasteiger charge is 2.29. The summed E-state index contributed by atoms with van der Waals surface area (Å²) in [6.07, 6.45) is 1.03. The summed E-state index contributed by atoms with van der Waals surface area (Å²) in [7, 11) is 1.66. The van der Waals surface area contributed by atoms with Crippen LogP contribution in [0, 0.1) is 0 Å². The predicted molar refractivity (Wildman–Crippen MR) is 112 cm³/mol. The molecule has 3 aromatic rings. The quantitative estimate of drug-likeness (QED) is 0.665. The van der Waals surface area contributed by atoms with Gasteiger partial charge in [0.2, 0.25) is 0 Å². The SMILES string of the molecule is CCOc1ccccc1N1CCN(c2cc3cc(OC)ccc3[nH]2)C(C=O)C1. The zero-order chi connectivity index (χ0) is 19.5. The number of ether oxygens (including phenoxy) is 2. The van der Waals surface area contributed by atoms with Gasteiger partial charge in [0.05, 0.1) is 19.4 Å². The number of piperazine rings is 1. The van der Waals surface area contributed by atoms with Gasteiger partial charge in [0, 0.05) is 30.5 Å². The third-order valence-corrected chi connectivity index (χ3v) is 5.20. The van der Waals surface area contributed by atoms with Crippen LogP contribution in [0.3, 0.4) is 0 Å². The van der Waals surface area contributed by atoms with Crippen LogP contribution in [0.5, 0.6) is 11.5 Å². The van der Waals surface area contributed by atoms with Crippen LogP contribution in [0.25, 0.3) is 10.9 Å². The number of aromatic amines is 1. The molecule has 1 fully saturated rings. The van der Waals surface area contributed by atoms with Gasteiger partial charge in [-0.15, -0.1) is 0 Å². The highest BCUT2D eigenvalue weighted by molar-refractivity contribution is 5.86. The lowest BCUT2D eigenvalue weighted by Crippen LogP contribution is -2.54. The molecular formula is C22H25N3O3. The van der Waals surface area contributed by atoms with Crippen LogP contribution in [0.4, 0.5) is 11.5 Å². The largest absolute Gasteiger partial charge is 0.497 e. The molecule has 6 nitrogen and oxygen atoms in total. The van der Waals surface area contributed by atoms with Crippen molar-refractivity contribution in [2.24, 2.45) is 0 Å². The number of aromatic nitrogens is 1. The van der Waals surface area contributed by atoms with E-state index in [-0.39, 0.29) is 6.04 Å². The molecule has 1 saturated heterocycles.